The van der Waals surface area contributed by atoms with Crippen LogP contribution in [0.15, 0.2) is 267 Å². The van der Waals surface area contributed by atoms with Crippen LogP contribution in [-0.4, -0.2) is 9.97 Å². The van der Waals surface area contributed by atoms with Crippen molar-refractivity contribution in [2.24, 2.45) is 0 Å². The predicted octanol–water partition coefficient (Wildman–Crippen LogP) is 22.4. The molecule has 0 atom stereocenters. The van der Waals surface area contributed by atoms with Crippen LogP contribution in [0.5, 0.6) is 0 Å². The molecule has 4 aromatic heterocycles. The Bertz CT molecular complexity index is 5530. The van der Waals surface area contributed by atoms with Gasteiger partial charge in [0.15, 0.2) is 0 Å². The number of hydrogen-bond acceptors (Lipinski definition) is 2. The molecule has 0 N–H and O–H groups in total. The van der Waals surface area contributed by atoms with Crippen LogP contribution in [0, 0.1) is 0 Å². The van der Waals surface area contributed by atoms with Crippen molar-refractivity contribution in [2.75, 3.05) is 0 Å². The van der Waals surface area contributed by atoms with E-state index in [-0.39, 0.29) is 16.5 Å². The zero-order chi connectivity index (χ0) is 57.0. The fourth-order valence-corrected chi connectivity index (χ4v) is 16.4. The van der Waals surface area contributed by atoms with Crippen LogP contribution >= 0.6 is 0 Å². The number of rotatable bonds is 4. The van der Waals surface area contributed by atoms with Gasteiger partial charge in [0, 0.05) is 21.5 Å². The molecule has 0 radical (unpaired) electrons. The minimum Gasteiger partial charge on any atom is -0.656 e. The Morgan fingerprint density at radius 2 is 0.371 bits per heavy atom. The Kier molecular flexibility index (Phi) is 9.86. The fourth-order valence-electron chi connectivity index (χ4n) is 16.4. The van der Waals surface area contributed by atoms with Gasteiger partial charge in [-0.3, -0.25) is 0 Å². The molecule has 0 amide bonds. The van der Waals surface area contributed by atoms with Crippen molar-refractivity contribution >= 4 is 173 Å². The Balaban J connectivity index is 0.00000555. The van der Waals surface area contributed by atoms with Gasteiger partial charge >= 0.3 is 16.5 Å². The zero-order valence-electron chi connectivity index (χ0n) is 47.5. The first-order valence-electron chi connectivity index (χ1n) is 30.4. The third kappa shape index (κ3) is 6.31. The third-order valence-electron chi connectivity index (χ3n) is 19.7. The zero-order valence-corrected chi connectivity index (χ0v) is 48.5. The van der Waals surface area contributed by atoms with Gasteiger partial charge in [0.25, 0.3) is 0 Å². The van der Waals surface area contributed by atoms with E-state index in [0.717, 1.165) is 175 Å². The van der Waals surface area contributed by atoms with Crippen LogP contribution < -0.4 is 9.97 Å². The number of aromatic nitrogens is 4. The largest absolute Gasteiger partial charge is 2.00 e. The summed E-state index contributed by atoms with van der Waals surface area (Å²) in [5.74, 6) is 0. The van der Waals surface area contributed by atoms with E-state index in [1.165, 1.54) is 43.1 Å². The van der Waals surface area contributed by atoms with Gasteiger partial charge in [-0.2, -0.15) is 0 Å². The topological polar surface area (TPSA) is 54.0 Å². The van der Waals surface area contributed by atoms with Crippen LogP contribution in [-0.2, 0) is 16.5 Å². The molecule has 4 heterocycles. The average Bonchev–Trinajstić information content (AvgIpc) is 1.60. The molecule has 410 valence electrons. The van der Waals surface area contributed by atoms with Gasteiger partial charge < -0.3 is 9.97 Å². The van der Waals surface area contributed by atoms with Gasteiger partial charge in [-0.25, -0.2) is 9.97 Å². The van der Waals surface area contributed by atoms with E-state index < -0.39 is 0 Å². The van der Waals surface area contributed by atoms with Crippen molar-refractivity contribution in [2.45, 2.75) is 0 Å². The van der Waals surface area contributed by atoms with Crippen LogP contribution in [0.1, 0.15) is 0 Å². The predicted molar refractivity (Wildman–Crippen MR) is 373 cm³/mol. The van der Waals surface area contributed by atoms with Gasteiger partial charge in [0.2, 0.25) is 0 Å². The molecule has 0 saturated heterocycles. The van der Waals surface area contributed by atoms with E-state index in [9.17, 15) is 0 Å². The van der Waals surface area contributed by atoms with Gasteiger partial charge in [-0.15, -0.1) is 22.1 Å². The van der Waals surface area contributed by atoms with E-state index in [0.29, 0.717) is 0 Å². The minimum absolute atomic E-state index is 0. The molecule has 0 fully saturated rings. The average molecular weight is 1170 g/mol. The first-order chi connectivity index (χ1) is 43.7. The van der Waals surface area contributed by atoms with E-state index in [4.69, 9.17) is 19.9 Å². The van der Waals surface area contributed by atoms with Crippen LogP contribution in [0.4, 0.5) is 0 Å². The molecule has 8 bridgehead atoms. The maximum atomic E-state index is 6.36. The van der Waals surface area contributed by atoms with Gasteiger partial charge in [0.05, 0.1) is 22.1 Å². The summed E-state index contributed by atoms with van der Waals surface area (Å²) in [6.45, 7) is 0. The van der Waals surface area contributed by atoms with Crippen molar-refractivity contribution < 1.29 is 16.5 Å². The quantitative estimate of drug-likeness (QED) is 0.165. The second kappa shape index (κ2) is 17.9. The number of hydrogen-bond donors (Lipinski definition) is 0. The Hall–Kier alpha value is -11.2. The first-order valence-corrected chi connectivity index (χ1v) is 30.4. The third-order valence-corrected chi connectivity index (χ3v) is 19.7. The molecule has 0 spiro atoms. The summed E-state index contributed by atoms with van der Waals surface area (Å²) in [6, 6.07) is 98.3. The molecule has 0 unspecified atom stereocenters. The molecule has 5 heteroatoms. The van der Waals surface area contributed by atoms with Crippen molar-refractivity contribution in [3.63, 3.8) is 0 Å². The smallest absolute Gasteiger partial charge is 0.656 e. The first kappa shape index (κ1) is 48.9. The Morgan fingerprint density at radius 3 is 0.573 bits per heavy atom. The molecule has 0 saturated carbocycles. The number of benzene rings is 12. The SMILES string of the molecule is [Ni+2].c1ccc(-c2c3nc(c(-c4ccccc4)c4[n-]c(c(-c5ccccc5)c5nc(c(-c6ccccc6)c6[n-]c2c2c7cccc8cccc(c87)c62)c2c6cccc7cccc(c76)c52)c2c5cccc6cccc(c65)c42)c2c4cccc5cccc(c54)c32)cc1. The van der Waals surface area contributed by atoms with Crippen molar-refractivity contribution in [1.82, 2.24) is 19.9 Å². The van der Waals surface area contributed by atoms with Crippen LogP contribution in [0.25, 0.3) is 218 Å². The molecule has 0 aliphatic rings. The molecule has 89 heavy (non-hydrogen) atoms. The maximum Gasteiger partial charge on any atom is 2.00 e. The molecular formula is C84H44N4Ni. The van der Waals surface area contributed by atoms with E-state index >= 15 is 0 Å². The van der Waals surface area contributed by atoms with Crippen LogP contribution in [0.3, 0.4) is 0 Å². The minimum atomic E-state index is 0. The Labute approximate surface area is 517 Å². The number of nitrogens with zero attached hydrogens (tertiary/aromatic N) is 4. The second-order valence-corrected chi connectivity index (χ2v) is 24.0. The van der Waals surface area contributed by atoms with E-state index in [2.05, 4.69) is 267 Å². The van der Waals surface area contributed by atoms with Crippen molar-refractivity contribution in [3.8, 4) is 44.5 Å². The van der Waals surface area contributed by atoms with Crippen molar-refractivity contribution in [3.05, 3.63) is 267 Å². The standard InChI is InChI=1S/C84H44N4.Ni/c1-5-21-49(22-6-1)65-77-69-53-37-13-29-45-31-15-39-55(61(45)53)71(69)79(85-77)66(50-23-7-2-8-24-50)81-73-57-41-17-33-47-35-19-43-59(63(47)57)75(73)83(87-81)68(52-27-11-4-12-28-52)84-76-60-44-20-36-48-34-18-42-58(64(48)60)74(76)82(88-84)67(51-25-9-3-10-26-51)80-72-56-40-16-32-46-30-14-38-54(62(46)56)70(72)78(65)86-80;/h1-44H;/q-2;+2. The molecule has 0 aliphatic heterocycles. The summed E-state index contributed by atoms with van der Waals surface area (Å²) in [4.78, 5) is 25.4. The summed E-state index contributed by atoms with van der Waals surface area (Å²) in [5.41, 5.74) is 15.1. The van der Waals surface area contributed by atoms with Gasteiger partial charge in [-0.05, 0) is 152 Å². The van der Waals surface area contributed by atoms with Crippen LogP contribution in [0.2, 0.25) is 0 Å². The van der Waals surface area contributed by atoms with E-state index in [1.54, 1.807) is 0 Å². The molecule has 21 rings (SSSR count). The summed E-state index contributed by atoms with van der Waals surface area (Å²) in [7, 11) is 0. The molecule has 17 aromatic carbocycles. The van der Waals surface area contributed by atoms with Gasteiger partial charge in [-0.1, -0.05) is 267 Å². The normalized spacial score (nSPS) is 12.4. The Morgan fingerprint density at radius 1 is 0.180 bits per heavy atom. The monoisotopic (exact) mass is 1170 g/mol. The summed E-state index contributed by atoms with van der Waals surface area (Å²) in [6.07, 6.45) is 0. The van der Waals surface area contributed by atoms with Gasteiger partial charge in [0.1, 0.15) is 0 Å². The molecule has 4 nitrogen and oxygen atoms in total. The summed E-state index contributed by atoms with van der Waals surface area (Å²) in [5, 5.41) is 27.8. The second-order valence-electron chi connectivity index (χ2n) is 24.0. The molecular weight excluding hydrogens is 1120 g/mol. The summed E-state index contributed by atoms with van der Waals surface area (Å²) < 4.78 is 0. The maximum absolute atomic E-state index is 6.36. The molecule has 0 aliphatic carbocycles. The fraction of sp³-hybridized carbons (Fsp3) is 0. The summed E-state index contributed by atoms with van der Waals surface area (Å²) >= 11 is 0. The van der Waals surface area contributed by atoms with E-state index in [1.807, 2.05) is 0 Å². The molecule has 21 aromatic rings. The van der Waals surface area contributed by atoms with Crippen molar-refractivity contribution in [1.29, 1.82) is 0 Å².